The Morgan fingerprint density at radius 2 is 2.12 bits per heavy atom. The quantitative estimate of drug-likeness (QED) is 0.652. The molecule has 24 heavy (non-hydrogen) atoms. The Bertz CT molecular complexity index is 972. The van der Waals surface area contributed by atoms with Crippen LogP contribution < -0.4 is 5.56 Å². The van der Waals surface area contributed by atoms with E-state index in [0.29, 0.717) is 17.2 Å². The second-order valence-electron chi connectivity index (χ2n) is 7.84. The van der Waals surface area contributed by atoms with E-state index in [4.69, 9.17) is 4.98 Å². The molecule has 1 N–H and O–H groups in total. The lowest BCUT2D eigenvalue weighted by Crippen LogP contribution is -2.26. The van der Waals surface area contributed by atoms with E-state index in [1.54, 1.807) is 22.7 Å². The second-order valence-corrected chi connectivity index (χ2v) is 9.84. The van der Waals surface area contributed by atoms with Crippen LogP contribution in [0.1, 0.15) is 43.2 Å². The van der Waals surface area contributed by atoms with Gasteiger partial charge < -0.3 is 4.98 Å². The summed E-state index contributed by atoms with van der Waals surface area (Å²) >= 11 is 3.36. The first kappa shape index (κ1) is 16.0. The summed E-state index contributed by atoms with van der Waals surface area (Å²) in [7, 11) is 0. The van der Waals surface area contributed by atoms with E-state index in [2.05, 4.69) is 38.7 Å². The summed E-state index contributed by atoms with van der Waals surface area (Å²) in [5, 5.41) is 2.88. The van der Waals surface area contributed by atoms with Gasteiger partial charge in [-0.3, -0.25) is 4.79 Å². The minimum atomic E-state index is 0.0227. The van der Waals surface area contributed by atoms with Crippen LogP contribution in [0, 0.1) is 18.3 Å². The molecule has 3 aromatic rings. The lowest BCUT2D eigenvalue weighted by Gasteiger charge is -2.33. The van der Waals surface area contributed by atoms with Gasteiger partial charge in [-0.15, -0.1) is 22.7 Å². The summed E-state index contributed by atoms with van der Waals surface area (Å²) in [5.41, 5.74) is 2.75. The average molecular weight is 359 g/mol. The molecule has 0 saturated carbocycles. The van der Waals surface area contributed by atoms with E-state index in [1.165, 1.54) is 10.4 Å². The molecule has 3 heterocycles. The summed E-state index contributed by atoms with van der Waals surface area (Å²) in [6.45, 7) is 9.01. The number of rotatable bonds is 1. The minimum absolute atomic E-state index is 0.0227. The van der Waals surface area contributed by atoms with Crippen molar-refractivity contribution in [2.24, 2.45) is 11.3 Å². The van der Waals surface area contributed by atoms with E-state index in [0.717, 1.165) is 39.9 Å². The Balaban J connectivity index is 1.84. The Hall–Kier alpha value is -1.46. The van der Waals surface area contributed by atoms with Crippen LogP contribution >= 0.6 is 22.7 Å². The van der Waals surface area contributed by atoms with Crippen LogP contribution in [-0.4, -0.2) is 9.97 Å². The number of hydrogen-bond donors (Lipinski definition) is 1. The average Bonchev–Trinajstić information content (AvgIpc) is 3.08. The number of hydrogen-bond acceptors (Lipinski definition) is 4. The lowest BCUT2D eigenvalue weighted by molar-refractivity contribution is 0.218. The summed E-state index contributed by atoms with van der Waals surface area (Å²) in [6.07, 6.45) is 3.24. The highest BCUT2D eigenvalue weighted by atomic mass is 32.1. The van der Waals surface area contributed by atoms with Gasteiger partial charge in [-0.2, -0.15) is 0 Å². The van der Waals surface area contributed by atoms with Gasteiger partial charge in [-0.05, 0) is 60.1 Å². The van der Waals surface area contributed by atoms with E-state index >= 15 is 0 Å². The zero-order valence-electron chi connectivity index (χ0n) is 14.5. The summed E-state index contributed by atoms with van der Waals surface area (Å²) in [5.74, 6) is 1.39. The molecule has 0 radical (unpaired) electrons. The molecule has 1 atom stereocenters. The molecular formula is C19H22N2OS2. The molecule has 0 amide bonds. The summed E-state index contributed by atoms with van der Waals surface area (Å²) in [4.78, 5) is 23.9. The zero-order valence-corrected chi connectivity index (χ0v) is 16.2. The Morgan fingerprint density at radius 3 is 2.79 bits per heavy atom. The predicted octanol–water partition coefficient (Wildman–Crippen LogP) is 5.17. The van der Waals surface area contributed by atoms with Crippen molar-refractivity contribution in [3.63, 3.8) is 0 Å². The van der Waals surface area contributed by atoms with Crippen molar-refractivity contribution in [1.82, 2.24) is 9.97 Å². The molecule has 3 nitrogen and oxygen atoms in total. The number of aryl methyl sites for hydroxylation is 2. The first-order valence-corrected chi connectivity index (χ1v) is 10.1. The van der Waals surface area contributed by atoms with Crippen molar-refractivity contribution < 1.29 is 0 Å². The fraction of sp³-hybridized carbons (Fsp3) is 0.474. The van der Waals surface area contributed by atoms with Crippen LogP contribution in [0.15, 0.2) is 16.2 Å². The van der Waals surface area contributed by atoms with Crippen molar-refractivity contribution in [1.29, 1.82) is 0 Å². The van der Waals surface area contributed by atoms with Gasteiger partial charge in [0.1, 0.15) is 4.83 Å². The standard InChI is InChI=1S/C19H22N2OS2/c1-10-7-8-23-15(10)16-20-17(22)14-12-6-5-11(19(2,3)4)9-13(12)24-18(14)21-16/h7-8,11H,5-6,9H2,1-4H3,(H,20,21,22). The molecule has 0 saturated heterocycles. The number of nitrogens with one attached hydrogen (secondary N) is 1. The molecule has 0 aliphatic heterocycles. The molecule has 0 fully saturated rings. The van der Waals surface area contributed by atoms with E-state index in [-0.39, 0.29) is 5.56 Å². The molecule has 3 aromatic heterocycles. The number of thiophene rings is 2. The van der Waals surface area contributed by atoms with Crippen LogP contribution in [0.3, 0.4) is 0 Å². The van der Waals surface area contributed by atoms with Gasteiger partial charge in [0.05, 0.1) is 10.3 Å². The zero-order chi connectivity index (χ0) is 17.1. The second kappa shape index (κ2) is 5.53. The molecule has 1 aliphatic rings. The molecular weight excluding hydrogens is 336 g/mol. The normalized spacial score (nSPS) is 18.1. The maximum atomic E-state index is 12.7. The maximum Gasteiger partial charge on any atom is 0.260 e. The van der Waals surface area contributed by atoms with E-state index < -0.39 is 0 Å². The highest BCUT2D eigenvalue weighted by molar-refractivity contribution is 7.19. The number of fused-ring (bicyclic) bond motifs is 3. The fourth-order valence-corrected chi connectivity index (χ4v) is 5.82. The molecule has 1 unspecified atom stereocenters. The highest BCUT2D eigenvalue weighted by Crippen LogP contribution is 2.42. The monoisotopic (exact) mass is 358 g/mol. The SMILES string of the molecule is Cc1ccsc1-c1nc2sc3c(c2c(=O)[nH]1)CCC(C(C)(C)C)C3. The highest BCUT2D eigenvalue weighted by Gasteiger charge is 2.31. The fourth-order valence-electron chi connectivity index (χ4n) is 3.65. The van der Waals surface area contributed by atoms with Crippen molar-refractivity contribution in [2.45, 2.75) is 47.0 Å². The van der Waals surface area contributed by atoms with Crippen molar-refractivity contribution in [2.75, 3.05) is 0 Å². The van der Waals surface area contributed by atoms with Crippen LogP contribution in [-0.2, 0) is 12.8 Å². The minimum Gasteiger partial charge on any atom is -0.305 e. The van der Waals surface area contributed by atoms with Crippen LogP contribution in [0.25, 0.3) is 20.9 Å². The van der Waals surface area contributed by atoms with Crippen LogP contribution in [0.5, 0.6) is 0 Å². The lowest BCUT2D eigenvalue weighted by atomic mass is 9.72. The molecule has 4 rings (SSSR count). The molecule has 1 aliphatic carbocycles. The first-order valence-electron chi connectivity index (χ1n) is 8.43. The molecule has 5 heteroatoms. The predicted molar refractivity (Wildman–Crippen MR) is 103 cm³/mol. The van der Waals surface area contributed by atoms with Gasteiger partial charge in [0.2, 0.25) is 0 Å². The smallest absolute Gasteiger partial charge is 0.260 e. The third kappa shape index (κ3) is 2.54. The first-order chi connectivity index (χ1) is 11.3. The summed E-state index contributed by atoms with van der Waals surface area (Å²) < 4.78 is 0. The van der Waals surface area contributed by atoms with Gasteiger partial charge in [-0.25, -0.2) is 4.98 Å². The number of nitrogens with zero attached hydrogens (tertiary/aromatic N) is 1. The molecule has 0 spiro atoms. The van der Waals surface area contributed by atoms with Gasteiger partial charge in [-0.1, -0.05) is 20.8 Å². The Kier molecular flexibility index (Phi) is 3.69. The maximum absolute atomic E-state index is 12.7. The van der Waals surface area contributed by atoms with Gasteiger partial charge in [0, 0.05) is 4.88 Å². The Labute approximate surface area is 149 Å². The Morgan fingerprint density at radius 1 is 1.33 bits per heavy atom. The van der Waals surface area contributed by atoms with Gasteiger partial charge >= 0.3 is 0 Å². The van der Waals surface area contributed by atoms with E-state index in [1.807, 2.05) is 5.38 Å². The number of aromatic amines is 1. The number of H-pyrrole nitrogens is 1. The molecule has 126 valence electrons. The summed E-state index contributed by atoms with van der Waals surface area (Å²) in [6, 6.07) is 2.07. The third-order valence-corrected chi connectivity index (χ3v) is 7.39. The van der Waals surface area contributed by atoms with Crippen molar-refractivity contribution >= 4 is 32.9 Å². The largest absolute Gasteiger partial charge is 0.305 e. The van der Waals surface area contributed by atoms with Crippen molar-refractivity contribution in [3.05, 3.63) is 37.8 Å². The number of aromatic nitrogens is 2. The van der Waals surface area contributed by atoms with Gasteiger partial charge in [0.25, 0.3) is 5.56 Å². The topological polar surface area (TPSA) is 45.8 Å². The van der Waals surface area contributed by atoms with Crippen molar-refractivity contribution in [3.8, 4) is 10.7 Å². The third-order valence-electron chi connectivity index (χ3n) is 5.22. The molecule has 0 bridgehead atoms. The molecule has 0 aromatic carbocycles. The van der Waals surface area contributed by atoms with E-state index in [9.17, 15) is 4.79 Å². The van der Waals surface area contributed by atoms with Crippen LogP contribution in [0.2, 0.25) is 0 Å². The van der Waals surface area contributed by atoms with Crippen LogP contribution in [0.4, 0.5) is 0 Å². The van der Waals surface area contributed by atoms with Gasteiger partial charge in [0.15, 0.2) is 5.82 Å².